The van der Waals surface area contributed by atoms with Crippen LogP contribution in [0.2, 0.25) is 0 Å². The van der Waals surface area contributed by atoms with Gasteiger partial charge in [-0.3, -0.25) is 9.59 Å². The first kappa shape index (κ1) is 18.2. The van der Waals surface area contributed by atoms with E-state index in [-0.39, 0.29) is 23.7 Å². The zero-order valence-corrected chi connectivity index (χ0v) is 15.6. The fourth-order valence-electron chi connectivity index (χ4n) is 2.36. The second-order valence-electron chi connectivity index (χ2n) is 6.58. The maximum atomic E-state index is 12.2. The molecule has 24 heavy (non-hydrogen) atoms. The molecule has 4 nitrogen and oxygen atoms in total. The molecule has 0 atom stereocenters. The summed E-state index contributed by atoms with van der Waals surface area (Å²) < 4.78 is 0.865. The van der Waals surface area contributed by atoms with Gasteiger partial charge in [0.2, 0.25) is 11.8 Å². The first-order valence-electron chi connectivity index (χ1n) is 7.70. The summed E-state index contributed by atoms with van der Waals surface area (Å²) in [7, 11) is 0. The highest BCUT2D eigenvalue weighted by Gasteiger charge is 2.19. The molecular weight excluding hydrogens is 368 g/mol. The Balaban J connectivity index is 2.00. The summed E-state index contributed by atoms with van der Waals surface area (Å²) in [6.07, 6.45) is -0.231. The molecule has 2 rings (SSSR count). The quantitative estimate of drug-likeness (QED) is 0.744. The Morgan fingerprint density at radius 1 is 0.958 bits per heavy atom. The predicted molar refractivity (Wildman–Crippen MR) is 101 cm³/mol. The van der Waals surface area contributed by atoms with Gasteiger partial charge in [-0.05, 0) is 35.2 Å². The van der Waals surface area contributed by atoms with Crippen LogP contribution in [0, 0.1) is 0 Å². The van der Waals surface area contributed by atoms with Gasteiger partial charge in [-0.25, -0.2) is 0 Å². The molecule has 0 heterocycles. The maximum Gasteiger partial charge on any atom is 0.233 e. The molecule has 0 radical (unpaired) electrons. The molecule has 5 heteroatoms. The van der Waals surface area contributed by atoms with Crippen LogP contribution in [0.1, 0.15) is 32.8 Å². The molecule has 0 spiro atoms. The Labute approximate surface area is 150 Å². The second-order valence-corrected chi connectivity index (χ2v) is 7.49. The van der Waals surface area contributed by atoms with Gasteiger partial charge in [-0.15, -0.1) is 0 Å². The number of hydrogen-bond donors (Lipinski definition) is 2. The zero-order valence-electron chi connectivity index (χ0n) is 14.0. The highest BCUT2D eigenvalue weighted by atomic mass is 79.9. The molecule has 0 aliphatic carbocycles. The number of benzene rings is 2. The molecule has 0 aliphatic heterocycles. The minimum atomic E-state index is -0.348. The summed E-state index contributed by atoms with van der Waals surface area (Å²) in [6, 6.07) is 14.9. The summed E-state index contributed by atoms with van der Waals surface area (Å²) in [5.74, 6) is -0.682. The van der Waals surface area contributed by atoms with Crippen molar-refractivity contribution in [2.24, 2.45) is 0 Å². The number of halogens is 1. The van der Waals surface area contributed by atoms with Crippen LogP contribution in [0.15, 0.2) is 53.0 Å². The van der Waals surface area contributed by atoms with Crippen molar-refractivity contribution in [1.82, 2.24) is 0 Å². The van der Waals surface area contributed by atoms with E-state index in [1.54, 1.807) is 12.1 Å². The van der Waals surface area contributed by atoms with E-state index in [2.05, 4.69) is 47.3 Å². The van der Waals surface area contributed by atoms with Gasteiger partial charge >= 0.3 is 0 Å². The molecule has 2 aromatic carbocycles. The molecule has 0 saturated heterocycles. The Morgan fingerprint density at radius 2 is 1.62 bits per heavy atom. The number of carbonyl (C=O) groups is 2. The summed E-state index contributed by atoms with van der Waals surface area (Å²) in [5.41, 5.74) is 2.33. The largest absolute Gasteiger partial charge is 0.326 e. The minimum Gasteiger partial charge on any atom is -0.326 e. The lowest BCUT2D eigenvalue weighted by Crippen LogP contribution is -2.23. The van der Waals surface area contributed by atoms with Crippen molar-refractivity contribution < 1.29 is 9.59 Å². The number of amides is 2. The average Bonchev–Trinajstić information content (AvgIpc) is 2.46. The van der Waals surface area contributed by atoms with Gasteiger partial charge in [0, 0.05) is 15.8 Å². The number of anilines is 2. The lowest BCUT2D eigenvalue weighted by Gasteiger charge is -2.22. The summed E-state index contributed by atoms with van der Waals surface area (Å²) in [6.45, 7) is 6.24. The molecule has 2 N–H and O–H groups in total. The zero-order chi connectivity index (χ0) is 17.7. The van der Waals surface area contributed by atoms with E-state index in [0.29, 0.717) is 5.69 Å². The summed E-state index contributed by atoms with van der Waals surface area (Å²) >= 11 is 3.34. The van der Waals surface area contributed by atoms with Crippen molar-refractivity contribution in [2.45, 2.75) is 32.6 Å². The summed E-state index contributed by atoms with van der Waals surface area (Å²) in [4.78, 5) is 24.2. The molecule has 0 aliphatic rings. The fourth-order valence-corrected chi connectivity index (χ4v) is 2.76. The topological polar surface area (TPSA) is 58.2 Å². The molecule has 2 amide bonds. The van der Waals surface area contributed by atoms with Crippen LogP contribution in [-0.2, 0) is 15.0 Å². The van der Waals surface area contributed by atoms with Crippen LogP contribution < -0.4 is 10.6 Å². The third-order valence-corrected chi connectivity index (χ3v) is 3.93. The van der Waals surface area contributed by atoms with E-state index in [1.165, 1.54) is 0 Å². The Morgan fingerprint density at radius 3 is 2.29 bits per heavy atom. The fraction of sp³-hybridized carbons (Fsp3) is 0.263. The van der Waals surface area contributed by atoms with Crippen LogP contribution in [0.5, 0.6) is 0 Å². The van der Waals surface area contributed by atoms with Gasteiger partial charge < -0.3 is 10.6 Å². The number of rotatable bonds is 4. The van der Waals surface area contributed by atoms with Gasteiger partial charge in [0.05, 0.1) is 0 Å². The van der Waals surface area contributed by atoms with Crippen molar-refractivity contribution in [2.75, 3.05) is 10.6 Å². The Hall–Kier alpha value is -2.14. The average molecular weight is 389 g/mol. The predicted octanol–water partition coefficient (Wildman–Crippen LogP) is 4.71. The first-order chi connectivity index (χ1) is 11.3. The molecule has 0 unspecified atom stereocenters. The maximum absolute atomic E-state index is 12.2. The molecular formula is C19H21BrN2O2. The molecule has 0 fully saturated rings. The highest BCUT2D eigenvalue weighted by Crippen LogP contribution is 2.29. The van der Waals surface area contributed by atoms with Crippen molar-refractivity contribution in [3.8, 4) is 0 Å². The molecule has 0 saturated carbocycles. The Kier molecular flexibility index (Phi) is 5.78. The summed E-state index contributed by atoms with van der Waals surface area (Å²) in [5, 5.41) is 5.55. The number of nitrogens with one attached hydrogen (secondary N) is 2. The normalized spacial score (nSPS) is 11.0. The van der Waals surface area contributed by atoms with Crippen LogP contribution in [0.25, 0.3) is 0 Å². The van der Waals surface area contributed by atoms with E-state index < -0.39 is 0 Å². The van der Waals surface area contributed by atoms with E-state index in [4.69, 9.17) is 0 Å². The Bertz CT molecular complexity index is 751. The van der Waals surface area contributed by atoms with Gasteiger partial charge in [0.1, 0.15) is 6.42 Å². The van der Waals surface area contributed by atoms with Crippen molar-refractivity contribution in [3.05, 3.63) is 58.6 Å². The third kappa shape index (κ3) is 5.20. The van der Waals surface area contributed by atoms with Gasteiger partial charge in [0.25, 0.3) is 0 Å². The lowest BCUT2D eigenvalue weighted by atomic mass is 9.86. The van der Waals surface area contributed by atoms with Crippen molar-refractivity contribution >= 4 is 39.1 Å². The van der Waals surface area contributed by atoms with Crippen LogP contribution >= 0.6 is 15.9 Å². The number of hydrogen-bond acceptors (Lipinski definition) is 2. The van der Waals surface area contributed by atoms with Crippen molar-refractivity contribution in [3.63, 3.8) is 0 Å². The lowest BCUT2D eigenvalue weighted by molar-refractivity contribution is -0.123. The van der Waals surface area contributed by atoms with E-state index in [1.807, 2.05) is 36.4 Å². The van der Waals surface area contributed by atoms with Crippen molar-refractivity contribution in [1.29, 1.82) is 0 Å². The molecule has 0 aromatic heterocycles. The van der Waals surface area contributed by atoms with Crippen LogP contribution in [0.4, 0.5) is 11.4 Å². The first-order valence-corrected chi connectivity index (χ1v) is 8.50. The monoisotopic (exact) mass is 388 g/mol. The SMILES string of the molecule is CC(C)(C)c1ccccc1NC(=O)CC(=O)Nc1cccc(Br)c1. The molecule has 126 valence electrons. The molecule has 0 bridgehead atoms. The van der Waals surface area contributed by atoms with Gasteiger partial charge in [0.15, 0.2) is 0 Å². The smallest absolute Gasteiger partial charge is 0.233 e. The van der Waals surface area contributed by atoms with Gasteiger partial charge in [-0.2, -0.15) is 0 Å². The third-order valence-electron chi connectivity index (χ3n) is 3.44. The minimum absolute atomic E-state index is 0.0948. The molecule has 2 aromatic rings. The van der Waals surface area contributed by atoms with Crippen LogP contribution in [0.3, 0.4) is 0 Å². The second kappa shape index (κ2) is 7.62. The highest BCUT2D eigenvalue weighted by molar-refractivity contribution is 9.10. The number of para-hydroxylation sites is 1. The van der Waals surface area contributed by atoms with E-state index in [0.717, 1.165) is 15.7 Å². The standard InChI is InChI=1S/C19H21BrN2O2/c1-19(2,3)15-9-4-5-10-16(15)22-18(24)12-17(23)21-14-8-6-7-13(20)11-14/h4-11H,12H2,1-3H3,(H,21,23)(H,22,24). The van der Waals surface area contributed by atoms with Gasteiger partial charge in [-0.1, -0.05) is 61.0 Å². The van der Waals surface area contributed by atoms with Crippen LogP contribution in [-0.4, -0.2) is 11.8 Å². The van der Waals surface area contributed by atoms with E-state index in [9.17, 15) is 9.59 Å². The number of carbonyl (C=O) groups excluding carboxylic acids is 2. The van der Waals surface area contributed by atoms with E-state index >= 15 is 0 Å².